The van der Waals surface area contributed by atoms with Crippen LogP contribution in [0.4, 0.5) is 20.2 Å². The van der Waals surface area contributed by atoms with E-state index < -0.39 is 28.4 Å². The summed E-state index contributed by atoms with van der Waals surface area (Å²) in [6, 6.07) is 2.71. The highest BCUT2D eigenvalue weighted by Gasteiger charge is 2.39. The second-order valence-corrected chi connectivity index (χ2v) is 10.9. The lowest BCUT2D eigenvalue weighted by atomic mass is 9.91. The zero-order valence-electron chi connectivity index (χ0n) is 22.2. The van der Waals surface area contributed by atoms with Crippen molar-refractivity contribution in [2.45, 2.75) is 19.8 Å². The Morgan fingerprint density at radius 3 is 2.65 bits per heavy atom. The van der Waals surface area contributed by atoms with Crippen LogP contribution < -0.4 is 15.6 Å². The summed E-state index contributed by atoms with van der Waals surface area (Å²) in [5, 5.41) is 22.7. The molecular weight excluding hydrogens is 520 g/mol. The second kappa shape index (κ2) is 9.09. The molecule has 3 N–H and O–H groups in total. The number of benzene rings is 1. The molecule has 1 saturated heterocycles. The molecule has 1 aliphatic carbocycles. The fraction of sp³-hybridized carbons (Fsp3) is 0.310. The highest BCUT2D eigenvalue weighted by Crippen LogP contribution is 2.51. The number of pyridine rings is 3. The van der Waals surface area contributed by atoms with Crippen molar-refractivity contribution in [2.24, 2.45) is 12.5 Å². The van der Waals surface area contributed by atoms with Crippen molar-refractivity contribution in [3.8, 4) is 22.3 Å². The number of carboxylic acids is 1. The summed E-state index contributed by atoms with van der Waals surface area (Å²) < 4.78 is 31.8. The Kier molecular flexibility index (Phi) is 5.88. The standard InChI is InChI=1S/C29H27F2N5O4/c1-29(13-37)4-5-36(12-29)25-17(14-6-16-26(38)18(28(39)40)11-35(3)27(16)34-9-14)10-33-21-7-15-20(32-2)8-19(30)24(31)22(15)23(21)25/h6,8-11,32,37H,4-5,7,12-13H2,1-3H3,(H,39,40). The van der Waals surface area contributed by atoms with E-state index in [1.807, 2.05) is 11.8 Å². The number of hydrogen-bond donors (Lipinski definition) is 3. The molecule has 0 saturated carbocycles. The summed E-state index contributed by atoms with van der Waals surface area (Å²) in [5.74, 6) is -3.29. The molecule has 206 valence electrons. The van der Waals surface area contributed by atoms with E-state index in [-0.39, 0.29) is 23.1 Å². The minimum atomic E-state index is -1.34. The fourth-order valence-corrected chi connectivity index (χ4v) is 5.98. The van der Waals surface area contributed by atoms with Crippen LogP contribution in [-0.4, -0.2) is 57.5 Å². The van der Waals surface area contributed by atoms with Crippen molar-refractivity contribution >= 4 is 28.4 Å². The molecule has 1 atom stereocenters. The predicted octanol–water partition coefficient (Wildman–Crippen LogP) is 3.79. The maximum absolute atomic E-state index is 15.5. The van der Waals surface area contributed by atoms with Crippen LogP contribution >= 0.6 is 0 Å². The SMILES string of the molecule is CNc1cc(F)c(F)c2c1Cc1ncc(-c3cnc4c(c3)c(=O)c(C(=O)O)cn4C)c(N3CCC(C)(CO)C3)c1-2. The van der Waals surface area contributed by atoms with E-state index in [1.54, 1.807) is 32.6 Å². The number of halogens is 2. The molecule has 1 aliphatic heterocycles. The van der Waals surface area contributed by atoms with E-state index in [0.29, 0.717) is 70.9 Å². The number of aryl methyl sites for hydroxylation is 1. The first-order chi connectivity index (χ1) is 19.1. The first-order valence-corrected chi connectivity index (χ1v) is 12.9. The smallest absolute Gasteiger partial charge is 0.341 e. The maximum atomic E-state index is 15.5. The zero-order valence-corrected chi connectivity index (χ0v) is 22.2. The summed E-state index contributed by atoms with van der Waals surface area (Å²) in [7, 11) is 3.26. The number of fused-ring (bicyclic) bond motifs is 4. The summed E-state index contributed by atoms with van der Waals surface area (Å²) in [4.78, 5) is 36.0. The van der Waals surface area contributed by atoms with Crippen LogP contribution in [0.25, 0.3) is 33.3 Å². The monoisotopic (exact) mass is 547 g/mol. The van der Waals surface area contributed by atoms with Crippen molar-refractivity contribution in [3.05, 3.63) is 69.4 Å². The summed E-state index contributed by atoms with van der Waals surface area (Å²) in [6.07, 6.45) is 5.41. The first-order valence-electron chi connectivity index (χ1n) is 12.9. The third-order valence-electron chi connectivity index (χ3n) is 8.13. The number of aromatic carboxylic acids is 1. The van der Waals surface area contributed by atoms with Gasteiger partial charge >= 0.3 is 5.97 Å². The zero-order chi connectivity index (χ0) is 28.5. The van der Waals surface area contributed by atoms with Gasteiger partial charge in [0, 0.05) is 91.6 Å². The van der Waals surface area contributed by atoms with Crippen molar-refractivity contribution in [1.82, 2.24) is 14.5 Å². The molecule has 9 nitrogen and oxygen atoms in total. The number of carbonyl (C=O) groups is 1. The third-order valence-corrected chi connectivity index (χ3v) is 8.13. The molecule has 1 aromatic carbocycles. The molecule has 0 bridgehead atoms. The van der Waals surface area contributed by atoms with Gasteiger partial charge in [-0.25, -0.2) is 18.6 Å². The summed E-state index contributed by atoms with van der Waals surface area (Å²) in [5.41, 5.74) is 2.75. The van der Waals surface area contributed by atoms with E-state index in [9.17, 15) is 24.2 Å². The predicted molar refractivity (Wildman–Crippen MR) is 147 cm³/mol. The molecule has 0 amide bonds. The van der Waals surface area contributed by atoms with Gasteiger partial charge in [-0.05, 0) is 18.1 Å². The van der Waals surface area contributed by atoms with Gasteiger partial charge in [0.2, 0.25) is 5.43 Å². The molecule has 11 heteroatoms. The third kappa shape index (κ3) is 3.75. The van der Waals surface area contributed by atoms with E-state index in [1.165, 1.54) is 10.8 Å². The van der Waals surface area contributed by atoms with E-state index in [0.717, 1.165) is 6.07 Å². The Morgan fingerprint density at radius 1 is 1.20 bits per heavy atom. The minimum Gasteiger partial charge on any atom is -0.477 e. The topological polar surface area (TPSA) is 121 Å². The lowest BCUT2D eigenvalue weighted by Crippen LogP contribution is -2.28. The van der Waals surface area contributed by atoms with Gasteiger partial charge in [-0.3, -0.25) is 9.78 Å². The molecule has 0 spiro atoms. The first kappa shape index (κ1) is 25.9. The Labute approximate surface area is 227 Å². The van der Waals surface area contributed by atoms with Gasteiger partial charge in [0.1, 0.15) is 11.2 Å². The normalized spacial score (nSPS) is 17.8. The Morgan fingerprint density at radius 2 is 1.98 bits per heavy atom. The van der Waals surface area contributed by atoms with E-state index >= 15 is 4.39 Å². The van der Waals surface area contributed by atoms with Crippen molar-refractivity contribution in [2.75, 3.05) is 37.0 Å². The lowest BCUT2D eigenvalue weighted by Gasteiger charge is -2.28. The van der Waals surface area contributed by atoms with Crippen molar-refractivity contribution in [3.63, 3.8) is 0 Å². The highest BCUT2D eigenvalue weighted by molar-refractivity contribution is 5.98. The van der Waals surface area contributed by atoms with Crippen LogP contribution in [0.3, 0.4) is 0 Å². The lowest BCUT2D eigenvalue weighted by molar-refractivity contribution is 0.0695. The number of hydrogen-bond acceptors (Lipinski definition) is 7. The highest BCUT2D eigenvalue weighted by atomic mass is 19.2. The average Bonchev–Trinajstić information content (AvgIpc) is 3.53. The van der Waals surface area contributed by atoms with Crippen LogP contribution in [-0.2, 0) is 13.5 Å². The van der Waals surface area contributed by atoms with Crippen LogP contribution in [0.15, 0.2) is 35.5 Å². The van der Waals surface area contributed by atoms with Gasteiger partial charge in [0.15, 0.2) is 11.6 Å². The summed E-state index contributed by atoms with van der Waals surface area (Å²) in [6.45, 7) is 2.94. The number of aliphatic hydroxyl groups is 1. The van der Waals surface area contributed by atoms with Gasteiger partial charge in [0.25, 0.3) is 0 Å². The molecule has 4 aromatic rings. The molecular formula is C29H27F2N5O4. The molecule has 2 aliphatic rings. The number of nitrogens with one attached hydrogen (secondary N) is 1. The number of aromatic nitrogens is 3. The number of aliphatic hydroxyl groups excluding tert-OH is 1. The quantitative estimate of drug-likeness (QED) is 0.304. The van der Waals surface area contributed by atoms with Crippen LogP contribution in [0, 0.1) is 17.0 Å². The number of carboxylic acid groups (broad SMARTS) is 1. The largest absolute Gasteiger partial charge is 0.477 e. The molecule has 3 aromatic heterocycles. The molecule has 4 heterocycles. The molecule has 6 rings (SSSR count). The van der Waals surface area contributed by atoms with Gasteiger partial charge in [-0.2, -0.15) is 0 Å². The molecule has 0 radical (unpaired) electrons. The van der Waals surface area contributed by atoms with Crippen LogP contribution in [0.2, 0.25) is 0 Å². The van der Waals surface area contributed by atoms with E-state index in [4.69, 9.17) is 0 Å². The molecule has 1 unspecified atom stereocenters. The van der Waals surface area contributed by atoms with Gasteiger partial charge in [-0.15, -0.1) is 0 Å². The van der Waals surface area contributed by atoms with Gasteiger partial charge < -0.3 is 25.0 Å². The number of nitrogens with zero attached hydrogens (tertiary/aromatic N) is 4. The van der Waals surface area contributed by atoms with Crippen LogP contribution in [0.5, 0.6) is 0 Å². The maximum Gasteiger partial charge on any atom is 0.341 e. The Balaban J connectivity index is 1.66. The Hall–Kier alpha value is -4.38. The van der Waals surface area contributed by atoms with Crippen LogP contribution in [0.1, 0.15) is 35.0 Å². The minimum absolute atomic E-state index is 0.0406. The van der Waals surface area contributed by atoms with Gasteiger partial charge in [0.05, 0.1) is 23.4 Å². The Bertz CT molecular complexity index is 1800. The van der Waals surface area contributed by atoms with Gasteiger partial charge in [-0.1, -0.05) is 6.92 Å². The molecule has 1 fully saturated rings. The van der Waals surface area contributed by atoms with Crippen molar-refractivity contribution < 1.29 is 23.8 Å². The fourth-order valence-electron chi connectivity index (χ4n) is 5.98. The second-order valence-electron chi connectivity index (χ2n) is 10.9. The number of anilines is 2. The number of rotatable bonds is 5. The van der Waals surface area contributed by atoms with E-state index in [2.05, 4.69) is 15.3 Å². The summed E-state index contributed by atoms with van der Waals surface area (Å²) >= 11 is 0. The molecule has 40 heavy (non-hydrogen) atoms. The van der Waals surface area contributed by atoms with Crippen molar-refractivity contribution in [1.29, 1.82) is 0 Å². The average molecular weight is 548 g/mol.